The lowest BCUT2D eigenvalue weighted by Crippen LogP contribution is -2.34. The van der Waals surface area contributed by atoms with Gasteiger partial charge in [-0.1, -0.05) is 11.6 Å². The highest BCUT2D eigenvalue weighted by molar-refractivity contribution is 6.32. The molecule has 0 spiro atoms. The van der Waals surface area contributed by atoms with Crippen LogP contribution in [0.5, 0.6) is 17.6 Å². The molecule has 0 bridgehead atoms. The molecule has 188 valence electrons. The molecule has 0 radical (unpaired) electrons. The Balaban J connectivity index is 1.29. The molecule has 2 aliphatic heterocycles. The van der Waals surface area contributed by atoms with Crippen LogP contribution in [0.4, 0.5) is 8.78 Å². The van der Waals surface area contributed by atoms with E-state index < -0.39 is 48.3 Å². The van der Waals surface area contributed by atoms with Crippen molar-refractivity contribution >= 4 is 22.8 Å². The van der Waals surface area contributed by atoms with Crippen molar-refractivity contribution in [3.05, 3.63) is 40.4 Å². The van der Waals surface area contributed by atoms with Gasteiger partial charge in [0.15, 0.2) is 11.8 Å². The molecule has 3 aromatic rings. The average molecular weight is 512 g/mol. The molecule has 4 atom stereocenters. The maximum Gasteiger partial charge on any atom is 0.296 e. The third-order valence-corrected chi connectivity index (χ3v) is 5.78. The van der Waals surface area contributed by atoms with Gasteiger partial charge in [-0.05, 0) is 26.8 Å². The zero-order chi connectivity index (χ0) is 24.9. The molecule has 1 aromatic carbocycles. The van der Waals surface area contributed by atoms with Gasteiger partial charge in [0, 0.05) is 12.1 Å². The number of aliphatic hydroxyl groups excluding tert-OH is 1. The molecule has 0 saturated carbocycles. The smallest absolute Gasteiger partial charge is 0.296 e. The summed E-state index contributed by atoms with van der Waals surface area (Å²) in [6.45, 7) is 5.31. The molecular weight excluding hydrogens is 488 g/mol. The van der Waals surface area contributed by atoms with Gasteiger partial charge in [0.2, 0.25) is 5.88 Å². The van der Waals surface area contributed by atoms with Crippen molar-refractivity contribution < 1.29 is 37.6 Å². The van der Waals surface area contributed by atoms with Crippen molar-refractivity contribution in [1.82, 2.24) is 15.0 Å². The monoisotopic (exact) mass is 511 g/mol. The lowest BCUT2D eigenvalue weighted by atomic mass is 10.1. The molecule has 0 amide bonds. The summed E-state index contributed by atoms with van der Waals surface area (Å²) >= 11 is 6.26. The summed E-state index contributed by atoms with van der Waals surface area (Å²) in [6.07, 6.45) is -1.99. The molecule has 35 heavy (non-hydrogen) atoms. The fourth-order valence-corrected chi connectivity index (χ4v) is 4.20. The molecule has 5 rings (SSSR count). The van der Waals surface area contributed by atoms with E-state index in [9.17, 15) is 13.9 Å². The van der Waals surface area contributed by atoms with Gasteiger partial charge in [0.05, 0.1) is 24.3 Å². The Hall–Kier alpha value is -2.73. The number of pyridine rings is 1. The number of aliphatic hydroxyl groups is 1. The van der Waals surface area contributed by atoms with E-state index in [1.54, 1.807) is 20.8 Å². The van der Waals surface area contributed by atoms with Crippen molar-refractivity contribution in [2.45, 2.75) is 57.4 Å². The predicted octanol–water partition coefficient (Wildman–Crippen LogP) is 3.55. The van der Waals surface area contributed by atoms with Gasteiger partial charge in [-0.15, -0.1) is 0 Å². The van der Waals surface area contributed by atoms with Crippen LogP contribution in [0.2, 0.25) is 5.02 Å². The number of benzene rings is 1. The Kier molecular flexibility index (Phi) is 6.20. The number of ether oxygens (including phenoxy) is 5. The number of aromatic nitrogens is 3. The Labute approximate surface area is 204 Å². The zero-order valence-corrected chi connectivity index (χ0v) is 19.9. The largest absolute Gasteiger partial charge is 0.488 e. The van der Waals surface area contributed by atoms with Crippen LogP contribution in [0.3, 0.4) is 0 Å². The van der Waals surface area contributed by atoms with E-state index in [4.69, 9.17) is 35.3 Å². The molecule has 9 nitrogen and oxygen atoms in total. The summed E-state index contributed by atoms with van der Waals surface area (Å²) in [5.74, 6) is -1.59. The molecule has 0 aliphatic carbocycles. The standard InChI is InChI=1S/C23H24ClF2N3O6/c1-23(2,3)35-10-4-13(25)11(14(26)5-10)7-33-21-12(24)6-15-20(28-21)29-22(27-15)34-17-9-32-18-16(30)8-31-19(17)18/h4-6,16-19,30H,7-9H2,1-3H3,(H,27,28,29)/t16-,17-,18?,19-/m1/s1. The number of imidazole rings is 1. The van der Waals surface area contributed by atoms with Gasteiger partial charge in [-0.25, -0.2) is 8.78 Å². The number of H-pyrrole nitrogens is 1. The molecule has 2 N–H and O–H groups in total. The van der Waals surface area contributed by atoms with Crippen LogP contribution < -0.4 is 14.2 Å². The summed E-state index contributed by atoms with van der Waals surface area (Å²) in [7, 11) is 0. The lowest BCUT2D eigenvalue weighted by Gasteiger charge is -2.21. The third kappa shape index (κ3) is 4.99. The molecule has 2 aliphatic rings. The molecule has 2 aromatic heterocycles. The minimum atomic E-state index is -0.812. The highest BCUT2D eigenvalue weighted by Crippen LogP contribution is 2.32. The maximum atomic E-state index is 14.5. The van der Waals surface area contributed by atoms with E-state index in [0.717, 1.165) is 12.1 Å². The Morgan fingerprint density at radius 1 is 1.11 bits per heavy atom. The quantitative estimate of drug-likeness (QED) is 0.517. The van der Waals surface area contributed by atoms with Crippen LogP contribution in [-0.2, 0) is 16.1 Å². The van der Waals surface area contributed by atoms with E-state index in [-0.39, 0.29) is 47.1 Å². The first kappa shape index (κ1) is 24.0. The van der Waals surface area contributed by atoms with E-state index >= 15 is 0 Å². The number of fused-ring (bicyclic) bond motifs is 2. The Morgan fingerprint density at radius 2 is 1.83 bits per heavy atom. The minimum Gasteiger partial charge on any atom is -0.488 e. The summed E-state index contributed by atoms with van der Waals surface area (Å²) < 4.78 is 57.0. The number of hydrogen-bond acceptors (Lipinski definition) is 8. The van der Waals surface area contributed by atoms with Crippen LogP contribution in [0.1, 0.15) is 26.3 Å². The van der Waals surface area contributed by atoms with Crippen molar-refractivity contribution in [1.29, 1.82) is 0 Å². The molecule has 2 fully saturated rings. The van der Waals surface area contributed by atoms with Crippen LogP contribution >= 0.6 is 11.6 Å². The summed E-state index contributed by atoms with van der Waals surface area (Å²) in [4.78, 5) is 11.5. The fraction of sp³-hybridized carbons (Fsp3) is 0.478. The van der Waals surface area contributed by atoms with Crippen molar-refractivity contribution in [3.8, 4) is 17.6 Å². The average Bonchev–Trinajstić information content (AvgIpc) is 3.43. The first-order chi connectivity index (χ1) is 16.6. The van der Waals surface area contributed by atoms with Crippen molar-refractivity contribution in [3.63, 3.8) is 0 Å². The first-order valence-corrected chi connectivity index (χ1v) is 11.4. The van der Waals surface area contributed by atoms with Gasteiger partial charge < -0.3 is 33.8 Å². The highest BCUT2D eigenvalue weighted by Gasteiger charge is 2.48. The molecule has 4 heterocycles. The SMILES string of the molecule is CC(C)(C)Oc1cc(F)c(COc2nc3nc(O[C@@H]4COC5[C@H](O)CO[C@@H]54)[nH]c3cc2Cl)c(F)c1. The van der Waals surface area contributed by atoms with E-state index in [2.05, 4.69) is 15.0 Å². The van der Waals surface area contributed by atoms with Gasteiger partial charge in [0.25, 0.3) is 6.01 Å². The number of nitrogens with one attached hydrogen (secondary N) is 1. The van der Waals surface area contributed by atoms with Gasteiger partial charge in [0.1, 0.15) is 52.9 Å². The van der Waals surface area contributed by atoms with E-state index in [1.165, 1.54) is 6.07 Å². The number of rotatable bonds is 6. The normalized spacial score (nSPS) is 24.1. The second-order valence-electron chi connectivity index (χ2n) is 9.38. The minimum absolute atomic E-state index is 0.0439. The molecule has 12 heteroatoms. The first-order valence-electron chi connectivity index (χ1n) is 11.0. The maximum absolute atomic E-state index is 14.5. The number of aromatic amines is 1. The fourth-order valence-electron chi connectivity index (χ4n) is 4.00. The van der Waals surface area contributed by atoms with E-state index in [0.29, 0.717) is 5.52 Å². The van der Waals surface area contributed by atoms with E-state index in [1.807, 2.05) is 0 Å². The topological polar surface area (TPSA) is 108 Å². The number of nitrogens with zero attached hydrogens (tertiary/aromatic N) is 2. The summed E-state index contributed by atoms with van der Waals surface area (Å²) in [6, 6.07) is 3.89. The van der Waals surface area contributed by atoms with Gasteiger partial charge in [-0.2, -0.15) is 9.97 Å². The lowest BCUT2D eigenvalue weighted by molar-refractivity contribution is 0.00706. The summed E-state index contributed by atoms with van der Waals surface area (Å²) in [5.41, 5.74) is -0.184. The molecule has 2 saturated heterocycles. The van der Waals surface area contributed by atoms with Crippen molar-refractivity contribution in [2.75, 3.05) is 13.2 Å². The second-order valence-corrected chi connectivity index (χ2v) is 9.78. The Bertz CT molecular complexity index is 1230. The van der Waals surface area contributed by atoms with Crippen molar-refractivity contribution in [2.24, 2.45) is 0 Å². The van der Waals surface area contributed by atoms with Crippen LogP contribution in [0, 0.1) is 11.6 Å². The van der Waals surface area contributed by atoms with Gasteiger partial charge in [-0.3, -0.25) is 0 Å². The predicted molar refractivity (Wildman–Crippen MR) is 120 cm³/mol. The van der Waals surface area contributed by atoms with Crippen LogP contribution in [0.25, 0.3) is 11.2 Å². The van der Waals surface area contributed by atoms with Gasteiger partial charge >= 0.3 is 0 Å². The number of halogens is 3. The molecular formula is C23H24ClF2N3O6. The zero-order valence-electron chi connectivity index (χ0n) is 19.2. The third-order valence-electron chi connectivity index (χ3n) is 5.51. The highest BCUT2D eigenvalue weighted by atomic mass is 35.5. The molecule has 1 unspecified atom stereocenters. The second kappa shape index (κ2) is 9.05. The van der Waals surface area contributed by atoms with Crippen LogP contribution in [0.15, 0.2) is 18.2 Å². The van der Waals surface area contributed by atoms with Crippen LogP contribution in [-0.4, -0.2) is 63.3 Å². The summed E-state index contributed by atoms with van der Waals surface area (Å²) in [5, 5.41) is 9.98. The Morgan fingerprint density at radius 3 is 2.54 bits per heavy atom. The number of hydrogen-bond donors (Lipinski definition) is 2.